The number of hydrogen-bond acceptors (Lipinski definition) is 3. The highest BCUT2D eigenvalue weighted by molar-refractivity contribution is 5.54. The number of benzene rings is 1. The first-order valence-corrected chi connectivity index (χ1v) is 6.53. The summed E-state index contributed by atoms with van der Waals surface area (Å²) in [4.78, 5) is 1.98. The third-order valence-corrected chi connectivity index (χ3v) is 3.87. The van der Waals surface area contributed by atoms with Crippen LogP contribution in [0.3, 0.4) is 0 Å². The molecule has 2 rings (SSSR count). The van der Waals surface area contributed by atoms with E-state index < -0.39 is 0 Å². The Kier molecular flexibility index (Phi) is 4.19. The van der Waals surface area contributed by atoms with Crippen LogP contribution in [0.4, 0.5) is 10.1 Å². The third kappa shape index (κ3) is 2.49. The van der Waals surface area contributed by atoms with E-state index in [1.165, 1.54) is 6.07 Å². The van der Waals surface area contributed by atoms with Gasteiger partial charge in [0.2, 0.25) is 0 Å². The maximum atomic E-state index is 13.7. The van der Waals surface area contributed by atoms with Crippen LogP contribution >= 0.6 is 0 Å². The Morgan fingerprint density at radius 3 is 2.78 bits per heavy atom. The van der Waals surface area contributed by atoms with E-state index in [4.69, 9.17) is 5.73 Å². The van der Waals surface area contributed by atoms with Crippen molar-refractivity contribution in [2.75, 3.05) is 11.9 Å². The molecule has 3 nitrogen and oxygen atoms in total. The molecule has 1 aromatic carbocycles. The number of hydrogen-bond donors (Lipinski definition) is 2. The lowest BCUT2D eigenvalue weighted by molar-refractivity contribution is 0.106. The molecule has 0 spiro atoms. The zero-order chi connectivity index (χ0) is 13.1. The summed E-state index contributed by atoms with van der Waals surface area (Å²) in [6.07, 6.45) is 3.61. The summed E-state index contributed by atoms with van der Waals surface area (Å²) in [6, 6.07) is 5.05. The molecular formula is C14H21FN2O. The van der Waals surface area contributed by atoms with Gasteiger partial charge in [-0.3, -0.25) is 0 Å². The molecule has 0 radical (unpaired) electrons. The number of nitrogens with zero attached hydrogens (tertiary/aromatic N) is 1. The van der Waals surface area contributed by atoms with Crippen molar-refractivity contribution in [3.8, 4) is 0 Å². The van der Waals surface area contributed by atoms with Crippen LogP contribution in [0.25, 0.3) is 0 Å². The number of aliphatic hydroxyl groups is 1. The van der Waals surface area contributed by atoms with Crippen molar-refractivity contribution in [3.05, 3.63) is 29.6 Å². The number of nitrogens with two attached hydrogens (primary N) is 1. The standard InChI is InChI=1S/C14H21FN2O/c1-17(13-6-2-3-8-14(13)18)12-7-4-5-11(15)10(12)9-16/h4-5,7,13-14,18H,2-3,6,8-9,16H2,1H3. The van der Waals surface area contributed by atoms with E-state index in [2.05, 4.69) is 0 Å². The molecule has 0 amide bonds. The van der Waals surface area contributed by atoms with Crippen LogP contribution in [0.15, 0.2) is 18.2 Å². The van der Waals surface area contributed by atoms with Gasteiger partial charge < -0.3 is 15.7 Å². The van der Waals surface area contributed by atoms with E-state index in [9.17, 15) is 9.50 Å². The topological polar surface area (TPSA) is 49.5 Å². The van der Waals surface area contributed by atoms with Gasteiger partial charge in [0.1, 0.15) is 5.82 Å². The Balaban J connectivity index is 2.27. The van der Waals surface area contributed by atoms with Gasteiger partial charge in [-0.05, 0) is 25.0 Å². The fraction of sp³-hybridized carbons (Fsp3) is 0.571. The van der Waals surface area contributed by atoms with Crippen molar-refractivity contribution in [2.24, 2.45) is 5.73 Å². The van der Waals surface area contributed by atoms with Crippen LogP contribution in [0.1, 0.15) is 31.2 Å². The van der Waals surface area contributed by atoms with E-state index >= 15 is 0 Å². The molecule has 1 aromatic rings. The van der Waals surface area contributed by atoms with Crippen LogP contribution in [-0.4, -0.2) is 24.3 Å². The molecule has 0 aliphatic heterocycles. The van der Waals surface area contributed by atoms with Crippen molar-refractivity contribution in [1.29, 1.82) is 0 Å². The zero-order valence-corrected chi connectivity index (χ0v) is 10.8. The van der Waals surface area contributed by atoms with Crippen LogP contribution < -0.4 is 10.6 Å². The highest BCUT2D eigenvalue weighted by Crippen LogP contribution is 2.29. The number of likely N-dealkylation sites (N-methyl/N-ethyl adjacent to an activating group) is 1. The van der Waals surface area contributed by atoms with Gasteiger partial charge in [-0.1, -0.05) is 18.9 Å². The predicted octanol–water partition coefficient (Wildman–Crippen LogP) is 2.02. The fourth-order valence-electron chi connectivity index (χ4n) is 2.80. The molecule has 1 fully saturated rings. The molecule has 1 aliphatic carbocycles. The van der Waals surface area contributed by atoms with Crippen LogP contribution in [0.2, 0.25) is 0 Å². The number of aliphatic hydroxyl groups excluding tert-OH is 1. The molecule has 2 atom stereocenters. The summed E-state index contributed by atoms with van der Waals surface area (Å²) in [5, 5.41) is 10.1. The molecule has 100 valence electrons. The van der Waals surface area contributed by atoms with Crippen molar-refractivity contribution < 1.29 is 9.50 Å². The average molecular weight is 252 g/mol. The SMILES string of the molecule is CN(c1cccc(F)c1CN)C1CCCCC1O. The van der Waals surface area contributed by atoms with E-state index in [0.29, 0.717) is 5.56 Å². The van der Waals surface area contributed by atoms with Gasteiger partial charge in [0.25, 0.3) is 0 Å². The Hall–Kier alpha value is -1.13. The fourth-order valence-corrected chi connectivity index (χ4v) is 2.80. The Morgan fingerprint density at radius 2 is 2.11 bits per heavy atom. The van der Waals surface area contributed by atoms with Crippen molar-refractivity contribution >= 4 is 5.69 Å². The minimum atomic E-state index is -0.336. The second-order valence-corrected chi connectivity index (χ2v) is 4.97. The Labute approximate surface area is 107 Å². The van der Waals surface area contributed by atoms with Gasteiger partial charge in [0, 0.05) is 24.8 Å². The first kappa shape index (κ1) is 13.3. The lowest BCUT2D eigenvalue weighted by atomic mass is 9.91. The van der Waals surface area contributed by atoms with Gasteiger partial charge >= 0.3 is 0 Å². The summed E-state index contributed by atoms with van der Waals surface area (Å²) in [5.74, 6) is -0.271. The molecule has 4 heteroatoms. The minimum absolute atomic E-state index is 0.0610. The lowest BCUT2D eigenvalue weighted by Crippen LogP contribution is -2.44. The number of anilines is 1. The molecule has 18 heavy (non-hydrogen) atoms. The summed E-state index contributed by atoms with van der Waals surface area (Å²) < 4.78 is 13.7. The molecule has 3 N–H and O–H groups in total. The van der Waals surface area contributed by atoms with Gasteiger partial charge in [0.15, 0.2) is 0 Å². The van der Waals surface area contributed by atoms with Crippen molar-refractivity contribution in [2.45, 2.75) is 44.4 Å². The van der Waals surface area contributed by atoms with Crippen molar-refractivity contribution in [3.63, 3.8) is 0 Å². The molecule has 2 unspecified atom stereocenters. The second kappa shape index (κ2) is 5.67. The van der Waals surface area contributed by atoms with E-state index in [1.54, 1.807) is 6.07 Å². The predicted molar refractivity (Wildman–Crippen MR) is 71.0 cm³/mol. The Morgan fingerprint density at radius 1 is 1.39 bits per heavy atom. The normalized spacial score (nSPS) is 24.0. The summed E-state index contributed by atoms with van der Waals surface area (Å²) in [5.41, 5.74) is 6.94. The number of rotatable bonds is 3. The van der Waals surface area contributed by atoms with E-state index in [1.807, 2.05) is 18.0 Å². The first-order valence-electron chi connectivity index (χ1n) is 6.53. The Bertz CT molecular complexity index is 411. The maximum Gasteiger partial charge on any atom is 0.129 e. The van der Waals surface area contributed by atoms with Crippen LogP contribution in [-0.2, 0) is 6.54 Å². The molecule has 0 bridgehead atoms. The molecule has 0 aromatic heterocycles. The maximum absolute atomic E-state index is 13.7. The van der Waals surface area contributed by atoms with Crippen molar-refractivity contribution in [1.82, 2.24) is 0 Å². The van der Waals surface area contributed by atoms with Crippen LogP contribution in [0.5, 0.6) is 0 Å². The van der Waals surface area contributed by atoms with Gasteiger partial charge in [-0.2, -0.15) is 0 Å². The summed E-state index contributed by atoms with van der Waals surface area (Å²) in [7, 11) is 1.91. The van der Waals surface area contributed by atoms with Gasteiger partial charge in [0.05, 0.1) is 12.1 Å². The molecule has 0 heterocycles. The highest BCUT2D eigenvalue weighted by atomic mass is 19.1. The van der Waals surface area contributed by atoms with E-state index in [0.717, 1.165) is 31.4 Å². The molecule has 1 aliphatic rings. The summed E-state index contributed by atoms with van der Waals surface area (Å²) >= 11 is 0. The molecule has 1 saturated carbocycles. The van der Waals surface area contributed by atoms with E-state index in [-0.39, 0.29) is 24.5 Å². The number of halogens is 1. The highest BCUT2D eigenvalue weighted by Gasteiger charge is 2.28. The summed E-state index contributed by atoms with van der Waals surface area (Å²) in [6.45, 7) is 0.176. The van der Waals surface area contributed by atoms with Gasteiger partial charge in [-0.25, -0.2) is 4.39 Å². The quantitative estimate of drug-likeness (QED) is 0.865. The first-order chi connectivity index (χ1) is 8.65. The largest absolute Gasteiger partial charge is 0.391 e. The van der Waals surface area contributed by atoms with Crippen LogP contribution in [0, 0.1) is 5.82 Å². The van der Waals surface area contributed by atoms with Gasteiger partial charge in [-0.15, -0.1) is 0 Å². The minimum Gasteiger partial charge on any atom is -0.391 e. The average Bonchev–Trinajstić information content (AvgIpc) is 2.38. The smallest absolute Gasteiger partial charge is 0.129 e. The molecular weight excluding hydrogens is 231 g/mol. The third-order valence-electron chi connectivity index (χ3n) is 3.87. The second-order valence-electron chi connectivity index (χ2n) is 4.97. The lowest BCUT2D eigenvalue weighted by Gasteiger charge is -2.37. The zero-order valence-electron chi connectivity index (χ0n) is 10.8. The monoisotopic (exact) mass is 252 g/mol. The molecule has 0 saturated heterocycles.